The summed E-state index contributed by atoms with van der Waals surface area (Å²) in [4.78, 5) is 0. The molecule has 0 atom stereocenters. The third kappa shape index (κ3) is 3.97. The number of hydrogen-bond donors (Lipinski definition) is 0. The van der Waals surface area contributed by atoms with Crippen LogP contribution in [0.25, 0.3) is 11.1 Å². The van der Waals surface area contributed by atoms with Gasteiger partial charge in [0.1, 0.15) is 0 Å². The van der Waals surface area contributed by atoms with Gasteiger partial charge in [-0.2, -0.15) is 8.78 Å². The van der Waals surface area contributed by atoms with Gasteiger partial charge in [0.25, 0.3) is 0 Å². The molecule has 0 unspecified atom stereocenters. The van der Waals surface area contributed by atoms with Crippen LogP contribution in [0.4, 0.5) is 8.78 Å². The maximum Gasteiger partial charge on any atom is 0.360 e. The van der Waals surface area contributed by atoms with Gasteiger partial charge >= 0.3 is 6.11 Å². The minimum Gasteiger partial charge on any atom is -0.315 e. The SMILES string of the molecule is CCCCCc1ccc(-c2ccc3c(c2)COC(F)(F)C3)cc1. The Morgan fingerprint density at radius 3 is 2.43 bits per heavy atom. The first-order chi connectivity index (χ1) is 11.1. The molecule has 2 aromatic rings. The van der Waals surface area contributed by atoms with Crippen LogP contribution in [0.5, 0.6) is 0 Å². The van der Waals surface area contributed by atoms with Gasteiger partial charge in [-0.05, 0) is 46.7 Å². The second-order valence-corrected chi connectivity index (χ2v) is 6.24. The zero-order valence-electron chi connectivity index (χ0n) is 13.4. The fourth-order valence-corrected chi connectivity index (χ4v) is 3.01. The number of ether oxygens (including phenoxy) is 1. The molecule has 0 radical (unpaired) electrons. The lowest BCUT2D eigenvalue weighted by molar-refractivity contribution is -0.250. The summed E-state index contributed by atoms with van der Waals surface area (Å²) in [6.07, 6.45) is 1.46. The first kappa shape index (κ1) is 16.1. The summed E-state index contributed by atoms with van der Waals surface area (Å²) in [6, 6.07) is 14.2. The Bertz CT molecular complexity index is 662. The number of fused-ring (bicyclic) bond motifs is 1. The molecule has 3 rings (SSSR count). The van der Waals surface area contributed by atoms with Crippen LogP contribution in [0.1, 0.15) is 42.9 Å². The van der Waals surface area contributed by atoms with Gasteiger partial charge in [-0.3, -0.25) is 0 Å². The number of hydrogen-bond acceptors (Lipinski definition) is 1. The number of benzene rings is 2. The molecular weight excluding hydrogens is 294 g/mol. The van der Waals surface area contributed by atoms with Gasteiger partial charge in [0.15, 0.2) is 0 Å². The molecule has 0 aliphatic carbocycles. The Labute approximate surface area is 136 Å². The molecule has 0 spiro atoms. The highest BCUT2D eigenvalue weighted by Crippen LogP contribution is 2.33. The molecule has 0 amide bonds. The zero-order chi connectivity index (χ0) is 16.3. The van der Waals surface area contributed by atoms with Crippen molar-refractivity contribution < 1.29 is 13.5 Å². The van der Waals surface area contributed by atoms with Crippen LogP contribution in [0.3, 0.4) is 0 Å². The van der Waals surface area contributed by atoms with Crippen molar-refractivity contribution in [1.82, 2.24) is 0 Å². The van der Waals surface area contributed by atoms with Crippen LogP contribution in [0.15, 0.2) is 42.5 Å². The smallest absolute Gasteiger partial charge is 0.315 e. The lowest BCUT2D eigenvalue weighted by atomic mass is 9.95. The van der Waals surface area contributed by atoms with Crippen LogP contribution in [0, 0.1) is 0 Å². The molecule has 23 heavy (non-hydrogen) atoms. The van der Waals surface area contributed by atoms with Gasteiger partial charge in [0.05, 0.1) is 13.0 Å². The molecule has 1 heterocycles. The second kappa shape index (κ2) is 6.79. The lowest BCUT2D eigenvalue weighted by Crippen LogP contribution is -2.28. The summed E-state index contributed by atoms with van der Waals surface area (Å²) in [7, 11) is 0. The lowest BCUT2D eigenvalue weighted by Gasteiger charge is -2.25. The third-order valence-corrected chi connectivity index (χ3v) is 4.40. The van der Waals surface area contributed by atoms with E-state index in [-0.39, 0.29) is 13.0 Å². The van der Waals surface area contributed by atoms with E-state index in [1.807, 2.05) is 12.1 Å². The van der Waals surface area contributed by atoms with Gasteiger partial charge in [-0.25, -0.2) is 0 Å². The topological polar surface area (TPSA) is 9.23 Å². The molecule has 2 aromatic carbocycles. The molecule has 0 fully saturated rings. The van der Waals surface area contributed by atoms with Gasteiger partial charge in [-0.15, -0.1) is 0 Å². The van der Waals surface area contributed by atoms with E-state index in [1.165, 1.54) is 24.8 Å². The van der Waals surface area contributed by atoms with E-state index < -0.39 is 6.11 Å². The van der Waals surface area contributed by atoms with Crippen LogP contribution < -0.4 is 0 Å². The van der Waals surface area contributed by atoms with Crippen molar-refractivity contribution in [3.63, 3.8) is 0 Å². The quantitative estimate of drug-likeness (QED) is 0.638. The Morgan fingerprint density at radius 1 is 0.957 bits per heavy atom. The van der Waals surface area contributed by atoms with E-state index in [2.05, 4.69) is 35.9 Å². The van der Waals surface area contributed by atoms with Crippen molar-refractivity contribution >= 4 is 0 Å². The first-order valence-corrected chi connectivity index (χ1v) is 8.30. The summed E-state index contributed by atoms with van der Waals surface area (Å²) in [6.45, 7) is 2.18. The summed E-state index contributed by atoms with van der Waals surface area (Å²) in [5.74, 6) is 0. The van der Waals surface area contributed by atoms with Gasteiger partial charge in [-0.1, -0.05) is 56.2 Å². The zero-order valence-corrected chi connectivity index (χ0v) is 13.4. The average molecular weight is 316 g/mol. The summed E-state index contributed by atoms with van der Waals surface area (Å²) in [5, 5.41) is 0. The van der Waals surface area contributed by atoms with Crippen molar-refractivity contribution in [3.8, 4) is 11.1 Å². The molecule has 3 heteroatoms. The van der Waals surface area contributed by atoms with Crippen molar-refractivity contribution in [2.75, 3.05) is 0 Å². The molecular formula is C20H22F2O. The van der Waals surface area contributed by atoms with Gasteiger partial charge in [0.2, 0.25) is 0 Å². The van der Waals surface area contributed by atoms with Crippen molar-refractivity contribution in [1.29, 1.82) is 0 Å². The van der Waals surface area contributed by atoms with E-state index in [1.54, 1.807) is 6.07 Å². The molecule has 1 aliphatic heterocycles. The fourth-order valence-electron chi connectivity index (χ4n) is 3.01. The molecule has 0 aromatic heterocycles. The van der Waals surface area contributed by atoms with E-state index in [9.17, 15) is 8.78 Å². The Hall–Kier alpha value is -1.74. The number of aryl methyl sites for hydroxylation is 1. The highest BCUT2D eigenvalue weighted by Gasteiger charge is 2.35. The summed E-state index contributed by atoms with van der Waals surface area (Å²) < 4.78 is 31.1. The maximum atomic E-state index is 13.3. The standard InChI is InChI=1S/C20H22F2O/c1-2-3-4-5-15-6-8-16(9-7-15)17-10-11-18-13-20(21,22)23-14-19(18)12-17/h6-12H,2-5,13-14H2,1H3. The Balaban J connectivity index is 1.75. The number of rotatable bonds is 5. The summed E-state index contributed by atoms with van der Waals surface area (Å²) in [5.41, 5.74) is 5.06. The predicted molar refractivity (Wildman–Crippen MR) is 88.5 cm³/mol. The normalized spacial score (nSPS) is 16.1. The van der Waals surface area contributed by atoms with Gasteiger partial charge in [0, 0.05) is 0 Å². The molecule has 0 N–H and O–H groups in total. The van der Waals surface area contributed by atoms with E-state index in [4.69, 9.17) is 0 Å². The Kier molecular flexibility index (Phi) is 4.76. The van der Waals surface area contributed by atoms with Crippen LogP contribution in [0.2, 0.25) is 0 Å². The second-order valence-electron chi connectivity index (χ2n) is 6.24. The van der Waals surface area contributed by atoms with Crippen LogP contribution in [-0.2, 0) is 24.2 Å². The highest BCUT2D eigenvalue weighted by molar-refractivity contribution is 5.65. The largest absolute Gasteiger partial charge is 0.360 e. The van der Waals surface area contributed by atoms with Crippen molar-refractivity contribution in [2.24, 2.45) is 0 Å². The number of alkyl halides is 2. The average Bonchev–Trinajstić information content (AvgIpc) is 2.55. The molecule has 1 aliphatic rings. The first-order valence-electron chi connectivity index (χ1n) is 8.30. The van der Waals surface area contributed by atoms with E-state index >= 15 is 0 Å². The summed E-state index contributed by atoms with van der Waals surface area (Å²) >= 11 is 0. The molecule has 0 saturated heterocycles. The van der Waals surface area contributed by atoms with Crippen molar-refractivity contribution in [3.05, 3.63) is 59.2 Å². The highest BCUT2D eigenvalue weighted by atomic mass is 19.3. The monoisotopic (exact) mass is 316 g/mol. The Morgan fingerprint density at radius 2 is 1.70 bits per heavy atom. The van der Waals surface area contributed by atoms with Crippen LogP contribution >= 0.6 is 0 Å². The molecule has 0 bridgehead atoms. The molecule has 1 nitrogen and oxygen atoms in total. The maximum absolute atomic E-state index is 13.3. The van der Waals surface area contributed by atoms with Gasteiger partial charge < -0.3 is 4.74 Å². The van der Waals surface area contributed by atoms with Crippen molar-refractivity contribution in [2.45, 2.75) is 51.7 Å². The third-order valence-electron chi connectivity index (χ3n) is 4.40. The number of unbranched alkanes of at least 4 members (excludes halogenated alkanes) is 2. The van der Waals surface area contributed by atoms with Crippen LogP contribution in [-0.4, -0.2) is 6.11 Å². The number of halogens is 2. The predicted octanol–water partition coefficient (Wildman–Crippen LogP) is 5.75. The molecule has 0 saturated carbocycles. The minimum absolute atomic E-state index is 0.0225. The fraction of sp³-hybridized carbons (Fsp3) is 0.400. The van der Waals surface area contributed by atoms with E-state index in [0.29, 0.717) is 5.56 Å². The minimum atomic E-state index is -3.03. The van der Waals surface area contributed by atoms with E-state index in [0.717, 1.165) is 23.1 Å². The molecule has 122 valence electrons.